The number of hydrogen-bond acceptors (Lipinski definition) is 3. The standard InChI is InChI=1S/C40H25NS2/c1-3-9-26(10-4-1)27-15-18-30(19-16-27)41(29-12-5-2-6-13-29)31-20-23-35-34(25-31)39-37(42-35)24-21-33-38-32-14-8-7-11-28(32)17-22-36(38)43-40(33)39/h1-25H. The minimum atomic E-state index is 1.14. The summed E-state index contributed by atoms with van der Waals surface area (Å²) in [4.78, 5) is 2.37. The summed E-state index contributed by atoms with van der Waals surface area (Å²) in [5.41, 5.74) is 5.90. The lowest BCUT2D eigenvalue weighted by Gasteiger charge is -2.26. The third-order valence-corrected chi connectivity index (χ3v) is 10.8. The maximum absolute atomic E-state index is 2.40. The molecule has 0 aliphatic rings. The van der Waals surface area contributed by atoms with E-state index < -0.39 is 0 Å². The Morgan fingerprint density at radius 3 is 1.84 bits per heavy atom. The zero-order chi connectivity index (χ0) is 28.3. The number of para-hydroxylation sites is 1. The molecule has 43 heavy (non-hydrogen) atoms. The van der Waals surface area contributed by atoms with E-state index in [0.29, 0.717) is 0 Å². The Labute approximate surface area is 257 Å². The Balaban J connectivity index is 1.26. The fourth-order valence-corrected chi connectivity index (χ4v) is 8.89. The molecule has 2 heterocycles. The summed E-state index contributed by atoms with van der Waals surface area (Å²) < 4.78 is 5.39. The SMILES string of the molecule is c1ccc(-c2ccc(N(c3ccccc3)c3ccc4sc5ccc6c(sc7ccc8ccccc8c76)c5c4c3)cc2)cc1. The van der Waals surface area contributed by atoms with Crippen LogP contribution in [0.15, 0.2) is 152 Å². The number of nitrogens with zero attached hydrogens (tertiary/aromatic N) is 1. The molecule has 0 atom stereocenters. The second-order valence-electron chi connectivity index (χ2n) is 10.9. The monoisotopic (exact) mass is 583 g/mol. The highest BCUT2D eigenvalue weighted by molar-refractivity contribution is 7.29. The van der Waals surface area contributed by atoms with Gasteiger partial charge >= 0.3 is 0 Å². The topological polar surface area (TPSA) is 3.24 Å². The molecule has 7 aromatic carbocycles. The van der Waals surface area contributed by atoms with E-state index in [9.17, 15) is 0 Å². The van der Waals surface area contributed by atoms with Crippen molar-refractivity contribution < 1.29 is 0 Å². The van der Waals surface area contributed by atoms with Gasteiger partial charge in [-0.1, -0.05) is 97.1 Å². The molecular weight excluding hydrogens is 559 g/mol. The van der Waals surface area contributed by atoms with Crippen molar-refractivity contribution in [1.29, 1.82) is 0 Å². The van der Waals surface area contributed by atoms with Crippen LogP contribution in [0.1, 0.15) is 0 Å². The first kappa shape index (κ1) is 24.6. The van der Waals surface area contributed by atoms with Crippen molar-refractivity contribution in [3.63, 3.8) is 0 Å². The van der Waals surface area contributed by atoms with Crippen LogP contribution < -0.4 is 4.90 Å². The predicted molar refractivity (Wildman–Crippen MR) is 190 cm³/mol. The van der Waals surface area contributed by atoms with Crippen LogP contribution in [0.5, 0.6) is 0 Å². The lowest BCUT2D eigenvalue weighted by atomic mass is 10.0. The maximum atomic E-state index is 2.40. The van der Waals surface area contributed by atoms with Crippen LogP contribution >= 0.6 is 22.7 Å². The molecule has 1 nitrogen and oxygen atoms in total. The number of thiophene rings is 2. The van der Waals surface area contributed by atoms with E-state index in [0.717, 1.165) is 17.1 Å². The van der Waals surface area contributed by atoms with E-state index in [-0.39, 0.29) is 0 Å². The minimum absolute atomic E-state index is 1.14. The third-order valence-electron chi connectivity index (χ3n) is 8.45. The number of anilines is 3. The molecule has 0 saturated heterocycles. The molecule has 0 saturated carbocycles. The molecule has 0 aliphatic carbocycles. The van der Waals surface area contributed by atoms with Gasteiger partial charge in [-0.2, -0.15) is 0 Å². The van der Waals surface area contributed by atoms with Crippen molar-refractivity contribution >= 4 is 90.9 Å². The molecule has 0 N–H and O–H groups in total. The van der Waals surface area contributed by atoms with E-state index in [1.807, 2.05) is 22.7 Å². The first-order valence-corrected chi connectivity index (χ1v) is 16.1. The van der Waals surface area contributed by atoms with Crippen molar-refractivity contribution in [1.82, 2.24) is 0 Å². The lowest BCUT2D eigenvalue weighted by Crippen LogP contribution is -2.09. The van der Waals surface area contributed by atoms with Crippen molar-refractivity contribution in [2.45, 2.75) is 0 Å². The molecule has 202 valence electrons. The Kier molecular flexibility index (Phi) is 5.62. The van der Waals surface area contributed by atoms with Gasteiger partial charge in [0.05, 0.1) is 0 Å². The molecule has 9 rings (SSSR count). The van der Waals surface area contributed by atoms with Crippen molar-refractivity contribution in [3.05, 3.63) is 152 Å². The van der Waals surface area contributed by atoms with Gasteiger partial charge in [0.2, 0.25) is 0 Å². The van der Waals surface area contributed by atoms with Crippen molar-refractivity contribution in [2.75, 3.05) is 4.90 Å². The molecule has 3 heteroatoms. The van der Waals surface area contributed by atoms with Gasteiger partial charge in [-0.15, -0.1) is 22.7 Å². The van der Waals surface area contributed by atoms with Gasteiger partial charge in [0.1, 0.15) is 0 Å². The second kappa shape index (κ2) is 9.81. The van der Waals surface area contributed by atoms with Crippen LogP contribution in [-0.4, -0.2) is 0 Å². The highest BCUT2D eigenvalue weighted by Crippen LogP contribution is 2.47. The lowest BCUT2D eigenvalue weighted by molar-refractivity contribution is 1.29. The Hall–Kier alpha value is -4.96. The zero-order valence-corrected chi connectivity index (χ0v) is 24.8. The van der Waals surface area contributed by atoms with Crippen LogP contribution in [0.4, 0.5) is 17.1 Å². The van der Waals surface area contributed by atoms with Crippen molar-refractivity contribution in [3.8, 4) is 11.1 Å². The van der Waals surface area contributed by atoms with E-state index in [1.54, 1.807) is 0 Å². The normalized spacial score (nSPS) is 11.7. The van der Waals surface area contributed by atoms with Crippen LogP contribution in [0.25, 0.3) is 62.2 Å². The molecule has 0 radical (unpaired) electrons. The summed E-state index contributed by atoms with van der Waals surface area (Å²) in [6, 6.07) is 55.1. The second-order valence-corrected chi connectivity index (χ2v) is 13.1. The minimum Gasteiger partial charge on any atom is -0.310 e. The van der Waals surface area contributed by atoms with Crippen LogP contribution in [-0.2, 0) is 0 Å². The number of fused-ring (bicyclic) bond motifs is 9. The Morgan fingerprint density at radius 2 is 1.00 bits per heavy atom. The van der Waals surface area contributed by atoms with E-state index in [4.69, 9.17) is 0 Å². The number of rotatable bonds is 4. The van der Waals surface area contributed by atoms with Gasteiger partial charge in [-0.05, 0) is 76.5 Å². The average molecular weight is 584 g/mol. The number of benzene rings is 7. The maximum Gasteiger partial charge on any atom is 0.0468 e. The molecule has 0 unspecified atom stereocenters. The fourth-order valence-electron chi connectivity index (χ4n) is 6.45. The molecule has 0 aliphatic heterocycles. The summed E-state index contributed by atoms with van der Waals surface area (Å²) in [7, 11) is 0. The molecule has 9 aromatic rings. The highest BCUT2D eigenvalue weighted by Gasteiger charge is 2.18. The third kappa shape index (κ3) is 3.97. The summed E-state index contributed by atoms with van der Waals surface area (Å²) in [6.07, 6.45) is 0. The average Bonchev–Trinajstić information content (AvgIpc) is 3.64. The summed E-state index contributed by atoms with van der Waals surface area (Å²) in [6.45, 7) is 0. The molecular formula is C40H25NS2. The quantitative estimate of drug-likeness (QED) is 0.199. The fraction of sp³-hybridized carbons (Fsp3) is 0. The molecule has 2 aromatic heterocycles. The molecule has 0 amide bonds. The molecule has 0 bridgehead atoms. The van der Waals surface area contributed by atoms with E-state index >= 15 is 0 Å². The van der Waals surface area contributed by atoms with Crippen LogP contribution in [0, 0.1) is 0 Å². The highest BCUT2D eigenvalue weighted by atomic mass is 32.1. The van der Waals surface area contributed by atoms with Gasteiger partial charge in [0.25, 0.3) is 0 Å². The zero-order valence-electron chi connectivity index (χ0n) is 23.2. The van der Waals surface area contributed by atoms with Crippen LogP contribution in [0.3, 0.4) is 0 Å². The molecule has 0 spiro atoms. The van der Waals surface area contributed by atoms with Gasteiger partial charge in [0.15, 0.2) is 0 Å². The smallest absolute Gasteiger partial charge is 0.0468 e. The first-order valence-electron chi connectivity index (χ1n) is 14.5. The Bertz CT molecular complexity index is 2440. The van der Waals surface area contributed by atoms with Crippen molar-refractivity contribution in [2.24, 2.45) is 0 Å². The predicted octanol–water partition coefficient (Wildman–Crippen LogP) is 12.7. The van der Waals surface area contributed by atoms with Gasteiger partial charge < -0.3 is 4.90 Å². The van der Waals surface area contributed by atoms with E-state index in [2.05, 4.69) is 157 Å². The van der Waals surface area contributed by atoms with Crippen LogP contribution in [0.2, 0.25) is 0 Å². The number of hydrogen-bond donors (Lipinski definition) is 0. The molecule has 0 fully saturated rings. The first-order chi connectivity index (χ1) is 21.3. The van der Waals surface area contributed by atoms with Gasteiger partial charge in [0, 0.05) is 57.4 Å². The summed E-state index contributed by atoms with van der Waals surface area (Å²) >= 11 is 3.81. The van der Waals surface area contributed by atoms with Gasteiger partial charge in [-0.3, -0.25) is 0 Å². The summed E-state index contributed by atoms with van der Waals surface area (Å²) in [5, 5.41) is 8.05. The Morgan fingerprint density at radius 1 is 0.372 bits per heavy atom. The van der Waals surface area contributed by atoms with E-state index in [1.165, 1.54) is 62.2 Å². The largest absolute Gasteiger partial charge is 0.310 e. The van der Waals surface area contributed by atoms with Gasteiger partial charge in [-0.25, -0.2) is 0 Å². The summed E-state index contributed by atoms with van der Waals surface area (Å²) in [5.74, 6) is 0.